The Kier molecular flexibility index (Phi) is 4.54. The summed E-state index contributed by atoms with van der Waals surface area (Å²) >= 11 is 1.79. The van der Waals surface area contributed by atoms with Gasteiger partial charge < -0.3 is 16.4 Å². The molecule has 0 heterocycles. The predicted molar refractivity (Wildman–Crippen MR) is 81.7 cm³/mol. The molecule has 0 spiro atoms. The maximum atomic E-state index is 11.8. The number of nitrogen functional groups attached to an aromatic ring is 1. The molecule has 1 aliphatic carbocycles. The number of nitrogens with two attached hydrogens (primary N) is 1. The Bertz CT molecular complexity index is 498. The van der Waals surface area contributed by atoms with Gasteiger partial charge in [-0.15, -0.1) is 0 Å². The average Bonchev–Trinajstić information content (AvgIpc) is 3.24. The molecule has 108 valence electrons. The molecule has 20 heavy (non-hydrogen) atoms. The van der Waals surface area contributed by atoms with E-state index in [0.29, 0.717) is 17.8 Å². The van der Waals surface area contributed by atoms with E-state index in [2.05, 4.69) is 16.9 Å². The van der Waals surface area contributed by atoms with Crippen molar-refractivity contribution in [3.8, 4) is 0 Å². The normalized spacial score (nSPS) is 15.4. The first kappa shape index (κ1) is 14.7. The van der Waals surface area contributed by atoms with Gasteiger partial charge in [0.2, 0.25) is 5.91 Å². The van der Waals surface area contributed by atoms with Crippen LogP contribution in [0.5, 0.6) is 0 Å². The molecule has 0 aliphatic heterocycles. The first-order chi connectivity index (χ1) is 9.54. The van der Waals surface area contributed by atoms with Gasteiger partial charge in [0.15, 0.2) is 0 Å². The number of rotatable bonds is 6. The zero-order valence-corrected chi connectivity index (χ0v) is 12.3. The summed E-state index contributed by atoms with van der Waals surface area (Å²) in [5, 5.41) is 5.45. The molecule has 1 saturated carbocycles. The summed E-state index contributed by atoms with van der Waals surface area (Å²) in [5.74, 6) is -0.430. The minimum absolute atomic E-state index is 0.00628. The minimum atomic E-state index is -0.272. The molecule has 1 aromatic rings. The van der Waals surface area contributed by atoms with Crippen LogP contribution in [-0.2, 0) is 4.79 Å². The zero-order chi connectivity index (χ0) is 14.6. The van der Waals surface area contributed by atoms with Crippen molar-refractivity contribution in [2.45, 2.75) is 17.6 Å². The van der Waals surface area contributed by atoms with Crippen molar-refractivity contribution in [1.82, 2.24) is 10.6 Å². The Labute approximate surface area is 122 Å². The monoisotopic (exact) mass is 293 g/mol. The highest BCUT2D eigenvalue weighted by Gasteiger charge is 2.41. The summed E-state index contributed by atoms with van der Waals surface area (Å²) in [7, 11) is 0. The van der Waals surface area contributed by atoms with Crippen molar-refractivity contribution in [2.75, 3.05) is 25.1 Å². The van der Waals surface area contributed by atoms with Crippen LogP contribution in [0.3, 0.4) is 0 Å². The standard InChI is InChI=1S/C14H19N3O2S/c1-20-14(6-7-14)9-17-12(18)8-16-13(19)10-2-4-11(15)5-3-10/h2-5H,6-9,15H2,1H3,(H,16,19)(H,17,18). The van der Waals surface area contributed by atoms with Crippen LogP contribution in [0.2, 0.25) is 0 Å². The second-order valence-corrected chi connectivity index (χ2v) is 6.24. The van der Waals surface area contributed by atoms with Crippen molar-refractivity contribution < 1.29 is 9.59 Å². The number of anilines is 1. The lowest BCUT2D eigenvalue weighted by atomic mass is 10.2. The lowest BCUT2D eigenvalue weighted by Gasteiger charge is -2.13. The summed E-state index contributed by atoms with van der Waals surface area (Å²) in [6, 6.07) is 6.58. The second-order valence-electron chi connectivity index (χ2n) is 4.97. The Morgan fingerprint density at radius 3 is 2.45 bits per heavy atom. The number of carbonyl (C=O) groups is 2. The molecule has 1 aromatic carbocycles. The number of hydrogen-bond acceptors (Lipinski definition) is 4. The third kappa shape index (κ3) is 3.90. The Hall–Kier alpha value is -1.69. The summed E-state index contributed by atoms with van der Waals surface area (Å²) in [5.41, 5.74) is 6.65. The molecule has 6 heteroatoms. The van der Waals surface area contributed by atoms with Crippen LogP contribution < -0.4 is 16.4 Å². The largest absolute Gasteiger partial charge is 0.399 e. The fourth-order valence-corrected chi connectivity index (χ4v) is 2.54. The van der Waals surface area contributed by atoms with Crippen LogP contribution in [0.15, 0.2) is 24.3 Å². The number of carbonyl (C=O) groups excluding carboxylic acids is 2. The third-order valence-electron chi connectivity index (χ3n) is 3.43. The quantitative estimate of drug-likeness (QED) is 0.684. The van der Waals surface area contributed by atoms with Crippen LogP contribution in [-0.4, -0.2) is 35.9 Å². The Morgan fingerprint density at radius 1 is 1.25 bits per heavy atom. The van der Waals surface area contributed by atoms with Crippen molar-refractivity contribution in [3.05, 3.63) is 29.8 Å². The van der Waals surface area contributed by atoms with Crippen molar-refractivity contribution in [2.24, 2.45) is 0 Å². The molecule has 0 radical (unpaired) electrons. The van der Waals surface area contributed by atoms with Crippen LogP contribution in [0.4, 0.5) is 5.69 Å². The Balaban J connectivity index is 1.73. The zero-order valence-electron chi connectivity index (χ0n) is 11.4. The first-order valence-corrected chi connectivity index (χ1v) is 7.73. The van der Waals surface area contributed by atoms with E-state index in [-0.39, 0.29) is 23.1 Å². The smallest absolute Gasteiger partial charge is 0.251 e. The van der Waals surface area contributed by atoms with Crippen LogP contribution >= 0.6 is 11.8 Å². The maximum absolute atomic E-state index is 11.8. The number of hydrogen-bond donors (Lipinski definition) is 3. The number of benzene rings is 1. The van der Waals surface area contributed by atoms with Gasteiger partial charge in [-0.2, -0.15) is 11.8 Å². The molecular weight excluding hydrogens is 274 g/mol. The topological polar surface area (TPSA) is 84.2 Å². The van der Waals surface area contributed by atoms with E-state index in [9.17, 15) is 9.59 Å². The summed E-state index contributed by atoms with van der Waals surface area (Å²) in [6.45, 7) is 0.665. The van der Waals surface area contributed by atoms with E-state index in [1.807, 2.05) is 0 Å². The fraction of sp³-hybridized carbons (Fsp3) is 0.429. The van der Waals surface area contributed by atoms with Gasteiger partial charge in [-0.25, -0.2) is 0 Å². The van der Waals surface area contributed by atoms with Crippen LogP contribution in [0.1, 0.15) is 23.2 Å². The summed E-state index contributed by atoms with van der Waals surface area (Å²) in [6.07, 6.45) is 4.35. The molecular formula is C14H19N3O2S. The van der Waals surface area contributed by atoms with E-state index in [4.69, 9.17) is 5.73 Å². The molecule has 2 rings (SSSR count). The lowest BCUT2D eigenvalue weighted by Crippen LogP contribution is -2.40. The van der Waals surface area contributed by atoms with Gasteiger partial charge in [0.05, 0.1) is 6.54 Å². The molecule has 5 nitrogen and oxygen atoms in total. The van der Waals surface area contributed by atoms with Gasteiger partial charge in [-0.3, -0.25) is 9.59 Å². The third-order valence-corrected chi connectivity index (χ3v) is 4.85. The van der Waals surface area contributed by atoms with Crippen molar-refractivity contribution in [3.63, 3.8) is 0 Å². The van der Waals surface area contributed by atoms with Crippen LogP contribution in [0.25, 0.3) is 0 Å². The molecule has 4 N–H and O–H groups in total. The van der Waals surface area contributed by atoms with Gasteiger partial charge in [-0.05, 0) is 43.4 Å². The molecule has 0 saturated heterocycles. The minimum Gasteiger partial charge on any atom is -0.399 e. The number of nitrogens with one attached hydrogen (secondary N) is 2. The Morgan fingerprint density at radius 2 is 1.90 bits per heavy atom. The average molecular weight is 293 g/mol. The summed E-state index contributed by atoms with van der Waals surface area (Å²) < 4.78 is 0.233. The molecule has 0 bridgehead atoms. The van der Waals surface area contributed by atoms with E-state index >= 15 is 0 Å². The predicted octanol–water partition coefficient (Wildman–Crippen LogP) is 1.01. The van der Waals surface area contributed by atoms with Gasteiger partial charge in [0.1, 0.15) is 0 Å². The van der Waals surface area contributed by atoms with Crippen molar-refractivity contribution in [1.29, 1.82) is 0 Å². The number of thioether (sulfide) groups is 1. The summed E-state index contributed by atoms with van der Waals surface area (Å²) in [4.78, 5) is 23.5. The van der Waals surface area contributed by atoms with Gasteiger partial charge in [-0.1, -0.05) is 0 Å². The first-order valence-electron chi connectivity index (χ1n) is 6.50. The van der Waals surface area contributed by atoms with E-state index < -0.39 is 0 Å². The second kappa shape index (κ2) is 6.17. The van der Waals surface area contributed by atoms with Crippen molar-refractivity contribution >= 4 is 29.3 Å². The van der Waals surface area contributed by atoms with Gasteiger partial charge in [0.25, 0.3) is 5.91 Å². The van der Waals surface area contributed by atoms with E-state index in [0.717, 1.165) is 12.8 Å². The van der Waals surface area contributed by atoms with Gasteiger partial charge >= 0.3 is 0 Å². The van der Waals surface area contributed by atoms with Gasteiger partial charge in [0, 0.05) is 22.5 Å². The SMILES string of the molecule is CSC1(CNC(=O)CNC(=O)c2ccc(N)cc2)CC1. The highest BCUT2D eigenvalue weighted by atomic mass is 32.2. The molecule has 1 aliphatic rings. The van der Waals surface area contributed by atoms with E-state index in [1.165, 1.54) is 0 Å². The molecule has 0 unspecified atom stereocenters. The lowest BCUT2D eigenvalue weighted by molar-refractivity contribution is -0.120. The maximum Gasteiger partial charge on any atom is 0.251 e. The molecule has 0 aromatic heterocycles. The molecule has 0 atom stereocenters. The van der Waals surface area contributed by atoms with Crippen LogP contribution in [0, 0.1) is 0 Å². The highest BCUT2D eigenvalue weighted by molar-refractivity contribution is 8.00. The highest BCUT2D eigenvalue weighted by Crippen LogP contribution is 2.46. The van der Waals surface area contributed by atoms with E-state index in [1.54, 1.807) is 36.0 Å². The molecule has 2 amide bonds. The molecule has 1 fully saturated rings. The fourth-order valence-electron chi connectivity index (χ4n) is 1.81. The number of amides is 2.